The number of hydrazine groups is 1. The third-order valence-corrected chi connectivity index (χ3v) is 13.6. The molecule has 61 heavy (non-hydrogen) atoms. The molecular formula is C49H38Cl2N4O6. The number of anilines is 4. The lowest BCUT2D eigenvalue weighted by molar-refractivity contribution is -0.138. The first-order valence-electron chi connectivity index (χ1n) is 20.0. The number of hydrogen-bond donors (Lipinski definition) is 3. The fourth-order valence-corrected chi connectivity index (χ4v) is 10.8. The molecule has 10 rings (SSSR count). The van der Waals surface area contributed by atoms with Crippen LogP contribution in [0.5, 0.6) is 11.5 Å². The van der Waals surface area contributed by atoms with Gasteiger partial charge in [0.2, 0.25) is 11.8 Å². The number of nitrogens with zero attached hydrogens (tertiary/aromatic N) is 2. The third kappa shape index (κ3) is 5.99. The highest BCUT2D eigenvalue weighted by Gasteiger charge is 2.70. The van der Waals surface area contributed by atoms with E-state index < -0.39 is 46.8 Å². The zero-order valence-corrected chi connectivity index (χ0v) is 34.2. The van der Waals surface area contributed by atoms with Crippen LogP contribution in [0.25, 0.3) is 10.8 Å². The molecule has 0 aromatic heterocycles. The summed E-state index contributed by atoms with van der Waals surface area (Å²) in [7, 11) is 1.56. The van der Waals surface area contributed by atoms with E-state index in [4.69, 9.17) is 27.9 Å². The van der Waals surface area contributed by atoms with Gasteiger partial charge >= 0.3 is 0 Å². The van der Waals surface area contributed by atoms with Gasteiger partial charge in [0.25, 0.3) is 11.8 Å². The van der Waals surface area contributed by atoms with Crippen molar-refractivity contribution in [3.63, 3.8) is 0 Å². The van der Waals surface area contributed by atoms with Crippen LogP contribution in [0.2, 0.25) is 10.0 Å². The van der Waals surface area contributed by atoms with Gasteiger partial charge in [0.05, 0.1) is 46.7 Å². The summed E-state index contributed by atoms with van der Waals surface area (Å²) in [4.78, 5) is 61.6. The molecule has 2 aliphatic heterocycles. The monoisotopic (exact) mass is 848 g/mol. The molecular weight excluding hydrogens is 811 g/mol. The number of fused-ring (bicyclic) bond motifs is 5. The fraction of sp³-hybridized carbons (Fsp3) is 0.184. The lowest BCUT2D eigenvalue weighted by Gasteiger charge is -2.51. The number of benzene rings is 6. The quantitative estimate of drug-likeness (QED) is 0.102. The standard InChI is InChI=1S/C49H38Cl2N4O6/c1-61-32-18-11-27(12-19-32)49-39(46(58)55(48(49)60)53-41-23-13-28(50)25-40(41)51)26-38-36(44(49)35-22-24-42(56)34-10-6-5-9-33(34)35)20-21-37-43(38)47(59)54(45(37)57)31-16-14-30(15-17-31)52-29-7-3-2-4-8-29/h2-20,22-25,37-39,43-44,52-53,56H,21,26H2,1H3/t37-,38+,39-,43-,44-,49+/m0/s1. The Labute approximate surface area is 361 Å². The van der Waals surface area contributed by atoms with Crippen LogP contribution >= 0.6 is 23.2 Å². The molecule has 6 aromatic rings. The number of hydrogen-bond acceptors (Lipinski definition) is 8. The Bertz CT molecular complexity index is 2820. The first-order valence-corrected chi connectivity index (χ1v) is 20.8. The molecule has 2 heterocycles. The largest absolute Gasteiger partial charge is 0.507 e. The summed E-state index contributed by atoms with van der Waals surface area (Å²) < 4.78 is 5.54. The smallest absolute Gasteiger partial charge is 0.260 e. The molecule has 0 radical (unpaired) electrons. The van der Waals surface area contributed by atoms with Crippen molar-refractivity contribution < 1.29 is 29.0 Å². The van der Waals surface area contributed by atoms with Crippen LogP contribution in [0.15, 0.2) is 145 Å². The van der Waals surface area contributed by atoms with Gasteiger partial charge in [0.1, 0.15) is 11.5 Å². The number of carbonyl (C=O) groups excluding carboxylic acids is 4. The number of aromatic hydroxyl groups is 1. The summed E-state index contributed by atoms with van der Waals surface area (Å²) in [6.07, 6.45) is 2.38. The summed E-state index contributed by atoms with van der Waals surface area (Å²) in [5, 5.41) is 17.4. The molecule has 4 amide bonds. The summed E-state index contributed by atoms with van der Waals surface area (Å²) >= 11 is 12.9. The van der Waals surface area contributed by atoms with Crippen LogP contribution in [0.4, 0.5) is 22.7 Å². The summed E-state index contributed by atoms with van der Waals surface area (Å²) in [5.41, 5.74) is 6.01. The number of carbonyl (C=O) groups is 4. The molecule has 12 heteroatoms. The number of methoxy groups -OCH3 is 1. The average molecular weight is 850 g/mol. The number of para-hydroxylation sites is 1. The maximum atomic E-state index is 15.7. The minimum absolute atomic E-state index is 0.0612. The van der Waals surface area contributed by atoms with Gasteiger partial charge in [0.15, 0.2) is 0 Å². The zero-order valence-electron chi connectivity index (χ0n) is 32.7. The third-order valence-electron chi connectivity index (χ3n) is 13.0. The van der Waals surface area contributed by atoms with Gasteiger partial charge in [-0.05, 0) is 108 Å². The van der Waals surface area contributed by atoms with Gasteiger partial charge < -0.3 is 15.2 Å². The Morgan fingerprint density at radius 3 is 2.16 bits per heavy atom. The predicted octanol–water partition coefficient (Wildman–Crippen LogP) is 9.79. The van der Waals surface area contributed by atoms with Gasteiger partial charge in [-0.2, -0.15) is 5.01 Å². The van der Waals surface area contributed by atoms with Crippen LogP contribution in [-0.2, 0) is 24.6 Å². The van der Waals surface area contributed by atoms with E-state index in [9.17, 15) is 14.7 Å². The molecule has 2 aliphatic carbocycles. The second kappa shape index (κ2) is 14.8. The highest BCUT2D eigenvalue weighted by molar-refractivity contribution is 6.36. The predicted molar refractivity (Wildman–Crippen MR) is 235 cm³/mol. The van der Waals surface area contributed by atoms with Crippen LogP contribution in [-0.4, -0.2) is 40.9 Å². The van der Waals surface area contributed by atoms with E-state index in [0.29, 0.717) is 44.0 Å². The molecule has 2 saturated heterocycles. The summed E-state index contributed by atoms with van der Waals surface area (Å²) in [6.45, 7) is 0. The van der Waals surface area contributed by atoms with Crippen molar-refractivity contribution in [3.05, 3.63) is 166 Å². The van der Waals surface area contributed by atoms with E-state index >= 15 is 9.59 Å². The highest BCUT2D eigenvalue weighted by atomic mass is 35.5. The number of phenols is 1. The van der Waals surface area contributed by atoms with E-state index in [1.165, 1.54) is 11.0 Å². The van der Waals surface area contributed by atoms with Crippen molar-refractivity contribution in [1.29, 1.82) is 0 Å². The SMILES string of the molecule is COc1ccc([C@@]23C(=O)N(Nc4ccc(Cl)cc4Cl)C(=O)[C@@H]2C[C@@H]2C(=CC[C@@H]4C(=O)N(c5ccc(Nc6ccccc6)cc5)C(=O)[C@@H]42)[C@@H]3c2ccc(O)c3ccccc23)cc1. The fourth-order valence-electron chi connectivity index (χ4n) is 10.4. The molecule has 304 valence electrons. The number of nitrogens with one attached hydrogen (secondary N) is 2. The minimum atomic E-state index is -1.56. The van der Waals surface area contributed by atoms with Crippen LogP contribution < -0.4 is 20.4 Å². The second-order valence-electron chi connectivity index (χ2n) is 16.0. The van der Waals surface area contributed by atoms with Crippen LogP contribution in [0.1, 0.15) is 29.9 Å². The normalized spacial score (nSPS) is 24.3. The molecule has 0 unspecified atom stereocenters. The summed E-state index contributed by atoms with van der Waals surface area (Å²) in [5.74, 6) is -4.94. The number of rotatable bonds is 8. The Kier molecular flexibility index (Phi) is 9.38. The van der Waals surface area contributed by atoms with Crippen LogP contribution in [0.3, 0.4) is 0 Å². The molecule has 4 aliphatic rings. The number of amides is 4. The van der Waals surface area contributed by atoms with E-state index in [1.54, 1.807) is 49.6 Å². The second-order valence-corrected chi connectivity index (χ2v) is 16.8. The molecule has 6 atom stereocenters. The van der Waals surface area contributed by atoms with Gasteiger partial charge in [-0.3, -0.25) is 29.5 Å². The van der Waals surface area contributed by atoms with Crippen molar-refractivity contribution in [2.45, 2.75) is 24.2 Å². The van der Waals surface area contributed by atoms with E-state index in [2.05, 4.69) is 10.7 Å². The Hall–Kier alpha value is -6.62. The minimum Gasteiger partial charge on any atom is -0.507 e. The first kappa shape index (κ1) is 38.6. The summed E-state index contributed by atoms with van der Waals surface area (Å²) in [6, 6.07) is 39.6. The lowest BCUT2D eigenvalue weighted by Crippen LogP contribution is -2.53. The zero-order chi connectivity index (χ0) is 42.2. The Balaban J connectivity index is 1.13. The topological polar surface area (TPSA) is 128 Å². The molecule has 0 spiro atoms. The average Bonchev–Trinajstić information content (AvgIpc) is 3.66. The van der Waals surface area contributed by atoms with Gasteiger partial charge in [-0.1, -0.05) is 95.5 Å². The number of allylic oxidation sites excluding steroid dienone is 2. The maximum Gasteiger partial charge on any atom is 0.260 e. The number of phenolic OH excluding ortho intramolecular Hbond substituents is 1. The molecule has 0 bridgehead atoms. The Morgan fingerprint density at radius 1 is 0.738 bits per heavy atom. The van der Waals surface area contributed by atoms with Gasteiger partial charge in [0, 0.05) is 27.7 Å². The van der Waals surface area contributed by atoms with Crippen molar-refractivity contribution in [2.75, 3.05) is 22.8 Å². The number of halogens is 2. The van der Waals surface area contributed by atoms with E-state index in [0.717, 1.165) is 22.0 Å². The van der Waals surface area contributed by atoms with E-state index in [-0.39, 0.29) is 35.4 Å². The number of imide groups is 2. The van der Waals surface area contributed by atoms with Crippen molar-refractivity contribution in [1.82, 2.24) is 5.01 Å². The lowest BCUT2D eigenvalue weighted by atomic mass is 9.49. The first-order chi connectivity index (χ1) is 29.6. The molecule has 10 nitrogen and oxygen atoms in total. The molecule has 1 saturated carbocycles. The van der Waals surface area contributed by atoms with Crippen LogP contribution in [0, 0.1) is 23.7 Å². The van der Waals surface area contributed by atoms with Crippen molar-refractivity contribution in [2.24, 2.45) is 23.7 Å². The number of ether oxygens (including phenoxy) is 1. The van der Waals surface area contributed by atoms with Gasteiger partial charge in [-0.15, -0.1) is 0 Å². The Morgan fingerprint density at radius 2 is 1.44 bits per heavy atom. The van der Waals surface area contributed by atoms with Crippen molar-refractivity contribution >= 4 is 80.4 Å². The van der Waals surface area contributed by atoms with Crippen molar-refractivity contribution in [3.8, 4) is 11.5 Å². The maximum absolute atomic E-state index is 15.7. The van der Waals surface area contributed by atoms with Gasteiger partial charge in [-0.25, -0.2) is 0 Å². The molecule has 6 aromatic carbocycles. The molecule has 3 fully saturated rings. The van der Waals surface area contributed by atoms with E-state index in [1.807, 2.05) is 91.0 Å². The molecule has 3 N–H and O–H groups in total. The highest BCUT2D eigenvalue weighted by Crippen LogP contribution is 2.65.